The van der Waals surface area contributed by atoms with Crippen LogP contribution in [-0.4, -0.2) is 27.8 Å². The van der Waals surface area contributed by atoms with Crippen LogP contribution in [0.2, 0.25) is 0 Å². The number of anilines is 2. The number of fused-ring (bicyclic) bond motifs is 1. The van der Waals surface area contributed by atoms with Gasteiger partial charge in [0.25, 0.3) is 0 Å². The lowest BCUT2D eigenvalue weighted by atomic mass is 10.1. The van der Waals surface area contributed by atoms with Crippen LogP contribution in [0.5, 0.6) is 0 Å². The topological polar surface area (TPSA) is 71.0 Å². The Morgan fingerprint density at radius 1 is 1.50 bits per heavy atom. The summed E-state index contributed by atoms with van der Waals surface area (Å²) in [5, 5.41) is 11.0. The first-order valence-electron chi connectivity index (χ1n) is 5.54. The molecule has 3 rings (SSSR count). The summed E-state index contributed by atoms with van der Waals surface area (Å²) in [4.78, 5) is 13.6. The minimum Gasteiger partial charge on any atom is -0.316 e. The molecule has 1 aliphatic heterocycles. The van der Waals surface area contributed by atoms with Crippen LogP contribution < -0.4 is 10.2 Å². The second kappa shape index (κ2) is 4.43. The van der Waals surface area contributed by atoms with Gasteiger partial charge in [0.05, 0.1) is 12.1 Å². The summed E-state index contributed by atoms with van der Waals surface area (Å²) in [5.41, 5.74) is 3.09. The predicted molar refractivity (Wildman–Crippen MR) is 67.8 cm³/mol. The van der Waals surface area contributed by atoms with E-state index in [1.54, 1.807) is 4.90 Å². The molecule has 0 radical (unpaired) electrons. The average Bonchev–Trinajstić information content (AvgIpc) is 2.95. The molecule has 0 aliphatic carbocycles. The minimum atomic E-state index is 0.0187. The van der Waals surface area contributed by atoms with Crippen LogP contribution in [0, 0.1) is 0 Å². The summed E-state index contributed by atoms with van der Waals surface area (Å²) in [6.45, 7) is 0.793. The third kappa shape index (κ3) is 1.77. The Bertz CT molecular complexity index is 583. The molecule has 0 atom stereocenters. The second-order valence-electron chi connectivity index (χ2n) is 4.04. The first kappa shape index (κ1) is 11.2. The van der Waals surface area contributed by atoms with Gasteiger partial charge in [-0.1, -0.05) is 21.7 Å². The summed E-state index contributed by atoms with van der Waals surface area (Å²) in [6.07, 6.45) is 0.409. The number of hydrogen-bond donors (Lipinski definition) is 1. The third-order valence-corrected chi connectivity index (χ3v) is 3.42. The highest BCUT2D eigenvalue weighted by atomic mass is 32.1. The third-order valence-electron chi connectivity index (χ3n) is 2.84. The van der Waals surface area contributed by atoms with E-state index in [1.165, 1.54) is 5.56 Å². The van der Waals surface area contributed by atoms with Gasteiger partial charge in [0.2, 0.25) is 11.0 Å². The van der Waals surface area contributed by atoms with Gasteiger partial charge in [0.1, 0.15) is 0 Å². The van der Waals surface area contributed by atoms with Crippen LogP contribution >= 0.6 is 11.5 Å². The van der Waals surface area contributed by atoms with Crippen LogP contribution in [0.15, 0.2) is 18.2 Å². The van der Waals surface area contributed by atoms with Gasteiger partial charge in [-0.3, -0.25) is 9.69 Å². The summed E-state index contributed by atoms with van der Waals surface area (Å²) in [6, 6.07) is 6.02. The van der Waals surface area contributed by atoms with Crippen LogP contribution in [0.1, 0.15) is 11.1 Å². The number of amides is 1. The zero-order chi connectivity index (χ0) is 12.5. The zero-order valence-corrected chi connectivity index (χ0v) is 10.6. The molecular weight excluding hydrogens is 250 g/mol. The van der Waals surface area contributed by atoms with Crippen molar-refractivity contribution < 1.29 is 4.79 Å². The molecular formula is C11H11N5OS. The Kier molecular flexibility index (Phi) is 2.77. The van der Waals surface area contributed by atoms with Crippen molar-refractivity contribution in [2.24, 2.45) is 0 Å². The molecule has 0 fully saturated rings. The van der Waals surface area contributed by atoms with Gasteiger partial charge in [0.15, 0.2) is 0 Å². The molecule has 1 aromatic carbocycles. The Morgan fingerprint density at radius 2 is 2.39 bits per heavy atom. The minimum absolute atomic E-state index is 0.0187. The number of aromatic nitrogens is 3. The van der Waals surface area contributed by atoms with E-state index in [2.05, 4.69) is 26.2 Å². The molecule has 2 aromatic rings. The Hall–Kier alpha value is -1.86. The smallest absolute Gasteiger partial charge is 0.239 e. The molecule has 0 saturated carbocycles. The molecule has 1 N–H and O–H groups in total. The number of benzene rings is 1. The maximum atomic E-state index is 12.0. The Balaban J connectivity index is 2.01. The van der Waals surface area contributed by atoms with Crippen molar-refractivity contribution >= 4 is 28.3 Å². The lowest BCUT2D eigenvalue weighted by molar-refractivity contribution is -0.116. The lowest BCUT2D eigenvalue weighted by Gasteiger charge is -2.12. The number of rotatable bonds is 3. The number of nitrogens with one attached hydrogen (secondary N) is 1. The van der Waals surface area contributed by atoms with Gasteiger partial charge in [-0.2, -0.15) is 0 Å². The molecule has 6 nitrogen and oxygen atoms in total. The summed E-state index contributed by atoms with van der Waals surface area (Å²) < 4.78 is 3.70. The molecule has 0 saturated heterocycles. The highest BCUT2D eigenvalue weighted by Crippen LogP contribution is 2.35. The Morgan fingerprint density at radius 3 is 3.11 bits per heavy atom. The van der Waals surface area contributed by atoms with Crippen LogP contribution in [0.3, 0.4) is 0 Å². The highest BCUT2D eigenvalue weighted by molar-refractivity contribution is 7.09. The van der Waals surface area contributed by atoms with Crippen LogP contribution in [-0.2, 0) is 17.8 Å². The summed E-state index contributed by atoms with van der Waals surface area (Å²) in [5.74, 6) is 0.0187. The maximum absolute atomic E-state index is 12.0. The fourth-order valence-corrected chi connectivity index (χ4v) is 2.61. The van der Waals surface area contributed by atoms with Crippen LogP contribution in [0.4, 0.5) is 10.8 Å². The molecule has 2 heterocycles. The van der Waals surface area contributed by atoms with Gasteiger partial charge < -0.3 is 5.32 Å². The normalized spacial score (nSPS) is 14.1. The largest absolute Gasteiger partial charge is 0.316 e. The van der Waals surface area contributed by atoms with E-state index >= 15 is 0 Å². The van der Waals surface area contributed by atoms with Crippen molar-refractivity contribution in [3.8, 4) is 0 Å². The summed E-state index contributed by atoms with van der Waals surface area (Å²) in [7, 11) is 1.90. The fourth-order valence-electron chi connectivity index (χ4n) is 2.11. The van der Waals surface area contributed by atoms with Gasteiger partial charge in [-0.15, -0.1) is 0 Å². The van der Waals surface area contributed by atoms with E-state index in [-0.39, 0.29) is 5.91 Å². The maximum Gasteiger partial charge on any atom is 0.239 e. The summed E-state index contributed by atoms with van der Waals surface area (Å²) >= 11 is 1.12. The lowest BCUT2D eigenvalue weighted by Crippen LogP contribution is -2.20. The second-order valence-corrected chi connectivity index (χ2v) is 4.76. The molecule has 0 spiro atoms. The highest BCUT2D eigenvalue weighted by Gasteiger charge is 2.30. The molecule has 1 amide bonds. The standard InChI is InChI=1S/C11H11N5OS/c1-12-6-7-2-3-9-8(4-7)5-10(17)16(9)11-13-14-15-18-11/h2-4,12H,5-6H2,1H3. The van der Waals surface area contributed by atoms with E-state index in [1.807, 2.05) is 19.2 Å². The Labute approximate surface area is 108 Å². The van der Waals surface area contributed by atoms with Crippen molar-refractivity contribution in [2.75, 3.05) is 11.9 Å². The number of carbonyl (C=O) groups excluding carboxylic acids is 1. The van der Waals surface area contributed by atoms with Crippen molar-refractivity contribution in [1.29, 1.82) is 0 Å². The van der Waals surface area contributed by atoms with Gasteiger partial charge in [0, 0.05) is 18.1 Å². The van der Waals surface area contributed by atoms with Gasteiger partial charge >= 0.3 is 0 Å². The first-order valence-corrected chi connectivity index (χ1v) is 6.31. The zero-order valence-electron chi connectivity index (χ0n) is 9.75. The van der Waals surface area contributed by atoms with E-state index in [0.717, 1.165) is 29.3 Å². The molecule has 92 valence electrons. The number of nitrogens with zero attached hydrogens (tertiary/aromatic N) is 4. The van der Waals surface area contributed by atoms with E-state index in [9.17, 15) is 4.79 Å². The van der Waals surface area contributed by atoms with E-state index in [0.29, 0.717) is 11.6 Å². The predicted octanol–water partition coefficient (Wildman–Crippen LogP) is 0.873. The van der Waals surface area contributed by atoms with Crippen molar-refractivity contribution in [3.05, 3.63) is 29.3 Å². The SMILES string of the molecule is CNCc1ccc2c(c1)CC(=O)N2c1nnns1. The monoisotopic (exact) mass is 261 g/mol. The molecule has 0 bridgehead atoms. The molecule has 0 unspecified atom stereocenters. The molecule has 7 heteroatoms. The van der Waals surface area contributed by atoms with Gasteiger partial charge in [-0.05, 0) is 29.5 Å². The fraction of sp³-hybridized carbons (Fsp3) is 0.273. The average molecular weight is 261 g/mol. The van der Waals surface area contributed by atoms with Crippen molar-refractivity contribution in [2.45, 2.75) is 13.0 Å². The number of hydrogen-bond acceptors (Lipinski definition) is 6. The molecule has 18 heavy (non-hydrogen) atoms. The van der Waals surface area contributed by atoms with Crippen LogP contribution in [0.25, 0.3) is 0 Å². The number of carbonyl (C=O) groups is 1. The van der Waals surface area contributed by atoms with E-state index < -0.39 is 0 Å². The first-order chi connectivity index (χ1) is 8.79. The van der Waals surface area contributed by atoms with E-state index in [4.69, 9.17) is 0 Å². The van der Waals surface area contributed by atoms with Crippen molar-refractivity contribution in [3.63, 3.8) is 0 Å². The van der Waals surface area contributed by atoms with Crippen molar-refractivity contribution in [1.82, 2.24) is 20.1 Å². The molecule has 1 aliphatic rings. The van der Waals surface area contributed by atoms with Gasteiger partial charge in [-0.25, -0.2) is 0 Å². The quantitative estimate of drug-likeness (QED) is 0.887. The molecule has 1 aromatic heterocycles.